The lowest BCUT2D eigenvalue weighted by molar-refractivity contribution is 0.595. The van der Waals surface area contributed by atoms with E-state index in [9.17, 15) is 0 Å². The fourth-order valence-electron chi connectivity index (χ4n) is 7.40. The maximum absolute atomic E-state index is 6.61. The first-order chi connectivity index (χ1) is 22.3. The molecule has 7 aromatic carbocycles. The summed E-state index contributed by atoms with van der Waals surface area (Å²) in [5, 5.41) is 6.22. The van der Waals surface area contributed by atoms with E-state index in [0.29, 0.717) is 0 Å². The van der Waals surface area contributed by atoms with Gasteiger partial charge in [-0.15, -0.1) is 0 Å². The monoisotopic (exact) mass is 574 g/mol. The molecule has 0 unspecified atom stereocenters. The van der Waals surface area contributed by atoms with Crippen LogP contribution in [0.2, 0.25) is 0 Å². The third-order valence-electron chi connectivity index (χ3n) is 9.34. The zero-order chi connectivity index (χ0) is 29.7. The number of furan rings is 1. The molecule has 0 aliphatic heterocycles. The third-order valence-corrected chi connectivity index (χ3v) is 9.34. The van der Waals surface area contributed by atoms with Gasteiger partial charge in [0.15, 0.2) is 0 Å². The summed E-state index contributed by atoms with van der Waals surface area (Å²) in [4.78, 5) is 0. The summed E-state index contributed by atoms with van der Waals surface area (Å²) in [7, 11) is 0. The molecule has 0 atom stereocenters. The van der Waals surface area contributed by atoms with E-state index >= 15 is 0 Å². The molecule has 1 aliphatic rings. The van der Waals surface area contributed by atoms with E-state index in [-0.39, 0.29) is 0 Å². The fourth-order valence-corrected chi connectivity index (χ4v) is 7.40. The van der Waals surface area contributed by atoms with Gasteiger partial charge in [0.05, 0.1) is 0 Å². The second kappa shape index (κ2) is 10.5. The van der Waals surface area contributed by atoms with Crippen molar-refractivity contribution >= 4 is 38.6 Å². The zero-order valence-corrected chi connectivity index (χ0v) is 24.8. The average molecular weight is 575 g/mol. The highest BCUT2D eigenvalue weighted by molar-refractivity contribution is 6.23. The first-order valence-electron chi connectivity index (χ1n) is 15.8. The Morgan fingerprint density at radius 1 is 0.444 bits per heavy atom. The molecule has 0 spiro atoms. The van der Waals surface area contributed by atoms with E-state index in [1.165, 1.54) is 77.0 Å². The molecule has 1 nitrogen and oxygen atoms in total. The molecule has 0 bridgehead atoms. The Hall–Kier alpha value is -5.66. The van der Waals surface area contributed by atoms with Gasteiger partial charge >= 0.3 is 0 Å². The highest BCUT2D eigenvalue weighted by Crippen LogP contribution is 2.48. The van der Waals surface area contributed by atoms with Crippen molar-refractivity contribution in [1.29, 1.82) is 0 Å². The molecule has 1 heterocycles. The Balaban J connectivity index is 1.39. The van der Waals surface area contributed by atoms with Crippen molar-refractivity contribution in [3.63, 3.8) is 0 Å². The minimum absolute atomic E-state index is 0.953. The molecule has 45 heavy (non-hydrogen) atoms. The maximum Gasteiger partial charge on any atom is 0.136 e. The standard InChI is InChI=1S/C44H30O/c1-3-15-29(16-4-1)32-19-7-8-20-33(32)43-36-23-11-9-21-34(36)42(35-22-10-12-24-37(35)43)31-27-39(30-17-5-2-6-18-30)44-38-25-13-14-26-40(38)45-41(44)28-31/h1-12,14-24,26-28H,13,25H2. The van der Waals surface area contributed by atoms with Gasteiger partial charge in [-0.1, -0.05) is 140 Å². The summed E-state index contributed by atoms with van der Waals surface area (Å²) < 4.78 is 6.61. The van der Waals surface area contributed by atoms with Gasteiger partial charge in [0.1, 0.15) is 11.3 Å². The van der Waals surface area contributed by atoms with Gasteiger partial charge < -0.3 is 4.42 Å². The van der Waals surface area contributed by atoms with Crippen LogP contribution >= 0.6 is 0 Å². The van der Waals surface area contributed by atoms with Crippen LogP contribution in [0.3, 0.4) is 0 Å². The average Bonchev–Trinajstić information content (AvgIpc) is 3.49. The van der Waals surface area contributed by atoms with Gasteiger partial charge in [0.25, 0.3) is 0 Å². The van der Waals surface area contributed by atoms with E-state index < -0.39 is 0 Å². The molecule has 9 rings (SSSR count). The molecule has 0 fully saturated rings. The normalized spacial score (nSPS) is 12.6. The molecule has 1 aliphatic carbocycles. The molecule has 1 aromatic heterocycles. The van der Waals surface area contributed by atoms with E-state index in [1.54, 1.807) is 0 Å². The molecule has 0 radical (unpaired) electrons. The quantitative estimate of drug-likeness (QED) is 0.191. The van der Waals surface area contributed by atoms with Crippen LogP contribution in [0.4, 0.5) is 0 Å². The molecular formula is C44H30O. The number of hydrogen-bond acceptors (Lipinski definition) is 1. The van der Waals surface area contributed by atoms with Crippen LogP contribution in [0.1, 0.15) is 17.7 Å². The smallest absolute Gasteiger partial charge is 0.136 e. The molecule has 0 N–H and O–H groups in total. The Kier molecular flexibility index (Phi) is 6.02. The van der Waals surface area contributed by atoms with Gasteiger partial charge in [0.2, 0.25) is 0 Å². The summed E-state index contributed by atoms with van der Waals surface area (Å²) in [6.07, 6.45) is 6.41. The molecule has 8 aromatic rings. The zero-order valence-electron chi connectivity index (χ0n) is 24.8. The third kappa shape index (κ3) is 4.16. The first-order valence-corrected chi connectivity index (χ1v) is 15.8. The molecular weight excluding hydrogens is 544 g/mol. The summed E-state index contributed by atoms with van der Waals surface area (Å²) in [5.41, 5.74) is 12.1. The lowest BCUT2D eigenvalue weighted by atomic mass is 9.83. The SMILES string of the molecule is C1=Cc2oc3cc(-c4c5ccccc5c(-c5ccccc5-c5ccccc5)c5ccccc45)cc(-c4ccccc4)c3c2CC1. The summed E-state index contributed by atoms with van der Waals surface area (Å²) >= 11 is 0. The topological polar surface area (TPSA) is 13.1 Å². The van der Waals surface area contributed by atoms with Crippen LogP contribution in [0.5, 0.6) is 0 Å². The van der Waals surface area contributed by atoms with E-state index in [4.69, 9.17) is 4.42 Å². The number of aryl methyl sites for hydroxylation is 1. The van der Waals surface area contributed by atoms with Gasteiger partial charge in [-0.3, -0.25) is 0 Å². The number of allylic oxidation sites excluding steroid dienone is 1. The highest BCUT2D eigenvalue weighted by Gasteiger charge is 2.23. The van der Waals surface area contributed by atoms with Crippen LogP contribution in [0.25, 0.3) is 83.1 Å². The Morgan fingerprint density at radius 2 is 0.978 bits per heavy atom. The largest absolute Gasteiger partial charge is 0.456 e. The summed E-state index contributed by atoms with van der Waals surface area (Å²) in [6.45, 7) is 0. The summed E-state index contributed by atoms with van der Waals surface area (Å²) in [5.74, 6) is 0.994. The summed E-state index contributed by atoms with van der Waals surface area (Å²) in [6, 6.07) is 52.8. The first kappa shape index (κ1) is 25.8. The lowest BCUT2D eigenvalue weighted by Crippen LogP contribution is -1.94. The van der Waals surface area contributed by atoms with Crippen molar-refractivity contribution in [2.45, 2.75) is 12.8 Å². The van der Waals surface area contributed by atoms with Gasteiger partial charge in [-0.05, 0) is 97.1 Å². The van der Waals surface area contributed by atoms with Crippen LogP contribution in [0, 0.1) is 0 Å². The minimum Gasteiger partial charge on any atom is -0.456 e. The van der Waals surface area contributed by atoms with Crippen LogP contribution < -0.4 is 0 Å². The van der Waals surface area contributed by atoms with Crippen molar-refractivity contribution in [3.8, 4) is 44.5 Å². The minimum atomic E-state index is 0.953. The fraction of sp³-hybridized carbons (Fsp3) is 0.0455. The molecule has 1 heteroatoms. The van der Waals surface area contributed by atoms with Crippen LogP contribution in [-0.2, 0) is 6.42 Å². The number of fused-ring (bicyclic) bond motifs is 5. The van der Waals surface area contributed by atoms with Crippen LogP contribution in [0.15, 0.2) is 156 Å². The molecule has 0 saturated heterocycles. The van der Waals surface area contributed by atoms with Crippen molar-refractivity contribution < 1.29 is 4.42 Å². The van der Waals surface area contributed by atoms with E-state index in [0.717, 1.165) is 24.2 Å². The van der Waals surface area contributed by atoms with Gasteiger partial charge in [-0.25, -0.2) is 0 Å². The highest BCUT2D eigenvalue weighted by atomic mass is 16.3. The molecule has 0 saturated carbocycles. The Bertz CT molecular complexity index is 2350. The van der Waals surface area contributed by atoms with Crippen molar-refractivity contribution in [3.05, 3.63) is 163 Å². The lowest BCUT2D eigenvalue weighted by Gasteiger charge is -2.20. The predicted octanol–water partition coefficient (Wildman–Crippen LogP) is 12.4. The van der Waals surface area contributed by atoms with E-state index in [2.05, 4.69) is 158 Å². The number of rotatable bonds is 4. The Morgan fingerprint density at radius 3 is 1.62 bits per heavy atom. The van der Waals surface area contributed by atoms with Crippen molar-refractivity contribution in [2.24, 2.45) is 0 Å². The maximum atomic E-state index is 6.61. The second-order valence-corrected chi connectivity index (χ2v) is 11.9. The van der Waals surface area contributed by atoms with E-state index in [1.807, 2.05) is 0 Å². The van der Waals surface area contributed by atoms with Crippen molar-refractivity contribution in [2.75, 3.05) is 0 Å². The number of hydrogen-bond donors (Lipinski definition) is 0. The van der Waals surface area contributed by atoms with Gasteiger partial charge in [0, 0.05) is 10.9 Å². The number of benzene rings is 7. The molecule has 212 valence electrons. The predicted molar refractivity (Wildman–Crippen MR) is 190 cm³/mol. The molecule has 0 amide bonds. The van der Waals surface area contributed by atoms with Crippen molar-refractivity contribution in [1.82, 2.24) is 0 Å². The van der Waals surface area contributed by atoms with Crippen LogP contribution in [-0.4, -0.2) is 0 Å². The second-order valence-electron chi connectivity index (χ2n) is 11.9. The van der Waals surface area contributed by atoms with Gasteiger partial charge in [-0.2, -0.15) is 0 Å². The Labute approximate surface area is 262 Å².